The Hall–Kier alpha value is -2.01. The quantitative estimate of drug-likeness (QED) is 0.304. The molecule has 3 rings (SSSR count). The van der Waals surface area contributed by atoms with E-state index < -0.39 is 0 Å². The van der Waals surface area contributed by atoms with Crippen LogP contribution in [0.25, 0.3) is 6.08 Å². The van der Waals surface area contributed by atoms with Crippen molar-refractivity contribution < 1.29 is 13.9 Å². The Morgan fingerprint density at radius 3 is 2.73 bits per heavy atom. The van der Waals surface area contributed by atoms with Gasteiger partial charge in [0.2, 0.25) is 0 Å². The number of hydrogen-bond acceptors (Lipinski definition) is 3. The summed E-state index contributed by atoms with van der Waals surface area (Å²) in [6, 6.07) is 15.9. The summed E-state index contributed by atoms with van der Waals surface area (Å²) in [4.78, 5) is 12.2. The minimum atomic E-state index is -0.105. The fraction of sp³-hybridized carbons (Fsp3) is 0.0500. The Morgan fingerprint density at radius 1 is 1.12 bits per heavy atom. The molecule has 0 spiro atoms. The molecule has 26 heavy (non-hydrogen) atoms. The van der Waals surface area contributed by atoms with Crippen LogP contribution in [0.15, 0.2) is 69.6 Å². The van der Waals surface area contributed by atoms with Gasteiger partial charge in [-0.15, -0.1) is 0 Å². The standard InChI is InChI=1S/C20H13BrCl2O3/c21-14-4-1-3-13(11-14)18(24)10-9-15-7-8-16(26-15)12-25-19-6-2-5-17(22)20(19)23/h1-11H,12H2/b10-9+. The first-order chi connectivity index (χ1) is 12.5. The highest BCUT2D eigenvalue weighted by Crippen LogP contribution is 2.32. The molecule has 1 aromatic heterocycles. The van der Waals surface area contributed by atoms with Crippen LogP contribution in [0.2, 0.25) is 10.0 Å². The van der Waals surface area contributed by atoms with E-state index >= 15 is 0 Å². The van der Waals surface area contributed by atoms with Crippen molar-refractivity contribution in [1.29, 1.82) is 0 Å². The van der Waals surface area contributed by atoms with Gasteiger partial charge in [0.05, 0.1) is 5.02 Å². The van der Waals surface area contributed by atoms with Crippen LogP contribution < -0.4 is 4.74 Å². The highest BCUT2D eigenvalue weighted by atomic mass is 79.9. The lowest BCUT2D eigenvalue weighted by Crippen LogP contribution is -1.94. The molecule has 1 heterocycles. The highest BCUT2D eigenvalue weighted by molar-refractivity contribution is 9.10. The number of carbonyl (C=O) groups excluding carboxylic acids is 1. The van der Waals surface area contributed by atoms with Crippen LogP contribution >= 0.6 is 39.1 Å². The summed E-state index contributed by atoms with van der Waals surface area (Å²) in [7, 11) is 0. The molecule has 0 saturated heterocycles. The van der Waals surface area contributed by atoms with E-state index in [0.717, 1.165) is 4.47 Å². The van der Waals surface area contributed by atoms with Crippen molar-refractivity contribution in [3.05, 3.63) is 92.3 Å². The molecule has 3 nitrogen and oxygen atoms in total. The zero-order valence-corrected chi connectivity index (χ0v) is 16.5. The lowest BCUT2D eigenvalue weighted by molar-refractivity contribution is 0.104. The summed E-state index contributed by atoms with van der Waals surface area (Å²) in [5.74, 6) is 1.54. The Labute approximate surface area is 169 Å². The lowest BCUT2D eigenvalue weighted by atomic mass is 10.1. The van der Waals surface area contributed by atoms with Gasteiger partial charge < -0.3 is 9.15 Å². The van der Waals surface area contributed by atoms with Gasteiger partial charge in [0.1, 0.15) is 28.9 Å². The van der Waals surface area contributed by atoms with Gasteiger partial charge in [-0.3, -0.25) is 4.79 Å². The van der Waals surface area contributed by atoms with Crippen LogP contribution in [0.1, 0.15) is 21.9 Å². The molecule has 0 aliphatic rings. The minimum absolute atomic E-state index is 0.105. The fourth-order valence-corrected chi connectivity index (χ4v) is 2.95. The third-order valence-corrected chi connectivity index (χ3v) is 4.77. The summed E-state index contributed by atoms with van der Waals surface area (Å²) in [5, 5.41) is 0.791. The van der Waals surface area contributed by atoms with Gasteiger partial charge in [-0.2, -0.15) is 0 Å². The van der Waals surface area contributed by atoms with E-state index in [9.17, 15) is 4.79 Å². The Kier molecular flexibility index (Phi) is 6.20. The first-order valence-electron chi connectivity index (χ1n) is 7.66. The average Bonchev–Trinajstić information content (AvgIpc) is 3.09. The maximum atomic E-state index is 12.2. The molecule has 0 aliphatic heterocycles. The summed E-state index contributed by atoms with van der Waals surface area (Å²) < 4.78 is 12.1. The van der Waals surface area contributed by atoms with Crippen LogP contribution in [0, 0.1) is 0 Å². The fourth-order valence-electron chi connectivity index (χ4n) is 2.20. The third kappa shape index (κ3) is 4.79. The van der Waals surface area contributed by atoms with Crippen molar-refractivity contribution in [1.82, 2.24) is 0 Å². The molecule has 6 heteroatoms. The molecule has 0 N–H and O–H groups in total. The average molecular weight is 452 g/mol. The van der Waals surface area contributed by atoms with Crippen LogP contribution in [0.5, 0.6) is 5.75 Å². The Morgan fingerprint density at radius 2 is 1.92 bits per heavy atom. The van der Waals surface area contributed by atoms with Crippen LogP contribution in [-0.4, -0.2) is 5.78 Å². The van der Waals surface area contributed by atoms with Gasteiger partial charge in [0.25, 0.3) is 0 Å². The van der Waals surface area contributed by atoms with Crippen molar-refractivity contribution in [2.45, 2.75) is 6.61 Å². The molecule has 0 amide bonds. The largest absolute Gasteiger partial charge is 0.484 e. The molecule has 0 aliphatic carbocycles. The molecule has 0 fully saturated rings. The highest BCUT2D eigenvalue weighted by Gasteiger charge is 2.08. The van der Waals surface area contributed by atoms with E-state index in [2.05, 4.69) is 15.9 Å². The van der Waals surface area contributed by atoms with Gasteiger partial charge in [-0.05, 0) is 48.6 Å². The predicted molar refractivity (Wildman–Crippen MR) is 107 cm³/mol. The van der Waals surface area contributed by atoms with Crippen molar-refractivity contribution in [3.8, 4) is 5.75 Å². The first kappa shape index (κ1) is 18.8. The molecule has 0 atom stereocenters. The van der Waals surface area contributed by atoms with Crippen molar-refractivity contribution in [3.63, 3.8) is 0 Å². The van der Waals surface area contributed by atoms with Crippen molar-refractivity contribution in [2.24, 2.45) is 0 Å². The summed E-state index contributed by atoms with van der Waals surface area (Å²) in [6.07, 6.45) is 3.10. The van der Waals surface area contributed by atoms with E-state index in [-0.39, 0.29) is 12.4 Å². The molecule has 0 radical (unpaired) electrons. The van der Waals surface area contributed by atoms with E-state index in [0.29, 0.717) is 32.9 Å². The number of hydrogen-bond donors (Lipinski definition) is 0. The monoisotopic (exact) mass is 450 g/mol. The van der Waals surface area contributed by atoms with Crippen LogP contribution in [-0.2, 0) is 6.61 Å². The lowest BCUT2D eigenvalue weighted by Gasteiger charge is -2.06. The van der Waals surface area contributed by atoms with Crippen LogP contribution in [0.4, 0.5) is 0 Å². The number of halogens is 3. The second kappa shape index (κ2) is 8.58. The van der Waals surface area contributed by atoms with Gasteiger partial charge in [0, 0.05) is 10.0 Å². The second-order valence-electron chi connectivity index (χ2n) is 5.35. The van der Waals surface area contributed by atoms with Gasteiger partial charge in [-0.25, -0.2) is 0 Å². The normalized spacial score (nSPS) is 11.0. The van der Waals surface area contributed by atoms with E-state index in [1.54, 1.807) is 48.5 Å². The first-order valence-corrected chi connectivity index (χ1v) is 9.21. The molecule has 0 unspecified atom stereocenters. The number of allylic oxidation sites excluding steroid dienone is 1. The minimum Gasteiger partial charge on any atom is -0.484 e. The number of furan rings is 1. The number of rotatable bonds is 6. The Balaban J connectivity index is 1.62. The second-order valence-corrected chi connectivity index (χ2v) is 7.05. The summed E-state index contributed by atoms with van der Waals surface area (Å²) in [5.41, 5.74) is 0.598. The summed E-state index contributed by atoms with van der Waals surface area (Å²) >= 11 is 15.4. The van der Waals surface area contributed by atoms with Crippen molar-refractivity contribution in [2.75, 3.05) is 0 Å². The van der Waals surface area contributed by atoms with Crippen LogP contribution in [0.3, 0.4) is 0 Å². The van der Waals surface area contributed by atoms with E-state index in [1.165, 1.54) is 6.08 Å². The third-order valence-electron chi connectivity index (χ3n) is 3.48. The van der Waals surface area contributed by atoms with Gasteiger partial charge >= 0.3 is 0 Å². The van der Waals surface area contributed by atoms with Crippen molar-refractivity contribution >= 4 is 51.0 Å². The number of carbonyl (C=O) groups is 1. The molecule has 0 saturated carbocycles. The zero-order chi connectivity index (χ0) is 18.5. The van der Waals surface area contributed by atoms with Gasteiger partial charge in [0.15, 0.2) is 5.78 Å². The maximum absolute atomic E-state index is 12.2. The zero-order valence-electron chi connectivity index (χ0n) is 13.4. The molecular formula is C20H13BrCl2O3. The topological polar surface area (TPSA) is 39.4 Å². The Bertz CT molecular complexity index is 963. The van der Waals surface area contributed by atoms with Gasteiger partial charge in [-0.1, -0.05) is 57.3 Å². The maximum Gasteiger partial charge on any atom is 0.186 e. The summed E-state index contributed by atoms with van der Waals surface area (Å²) in [6.45, 7) is 0.202. The SMILES string of the molecule is O=C(/C=C/c1ccc(COc2cccc(Cl)c2Cl)o1)c1cccc(Br)c1. The molecule has 2 aromatic carbocycles. The molecule has 132 valence electrons. The predicted octanol–water partition coefficient (Wildman–Crippen LogP) is 6.82. The molecular weight excluding hydrogens is 439 g/mol. The molecule has 0 bridgehead atoms. The molecule has 3 aromatic rings. The number of ether oxygens (including phenoxy) is 1. The smallest absolute Gasteiger partial charge is 0.186 e. The number of benzene rings is 2. The van der Waals surface area contributed by atoms with E-state index in [1.807, 2.05) is 12.1 Å². The number of ketones is 1. The van der Waals surface area contributed by atoms with E-state index in [4.69, 9.17) is 32.4 Å².